The molecule has 0 heterocycles. The van der Waals surface area contributed by atoms with Crippen LogP contribution in [0.3, 0.4) is 0 Å². The molecule has 1 saturated carbocycles. The van der Waals surface area contributed by atoms with Gasteiger partial charge >= 0.3 is 5.97 Å². The van der Waals surface area contributed by atoms with E-state index in [1.54, 1.807) is 0 Å². The van der Waals surface area contributed by atoms with Crippen molar-refractivity contribution in [1.82, 2.24) is 0 Å². The maximum atomic E-state index is 11.9. The summed E-state index contributed by atoms with van der Waals surface area (Å²) in [6, 6.07) is 0. The number of carbonyl (C=O) groups excluding carboxylic acids is 2. The Hall–Kier alpha value is -0.590. The predicted octanol–water partition coefficient (Wildman–Crippen LogP) is 0.374. The number of ketones is 1. The van der Waals surface area contributed by atoms with Crippen LogP contribution in [0.4, 0.5) is 0 Å². The first-order chi connectivity index (χ1) is 8.40. The molecule has 0 aromatic carbocycles. The Kier molecular flexibility index (Phi) is 5.62. The van der Waals surface area contributed by atoms with E-state index in [0.29, 0.717) is 18.6 Å². The molecule has 104 valence electrons. The monoisotopic (exact) mass is 276 g/mol. The molecule has 5 nitrogen and oxygen atoms in total. The van der Waals surface area contributed by atoms with Gasteiger partial charge in [0.2, 0.25) is 0 Å². The molecule has 0 saturated heterocycles. The smallest absolute Gasteiger partial charge is 0.302 e. The minimum atomic E-state index is -0.824. The molecule has 0 aliphatic heterocycles. The number of hydrogen-bond donors (Lipinski definition) is 2. The summed E-state index contributed by atoms with van der Waals surface area (Å²) in [6.07, 6.45) is 0.352. The number of esters is 1. The van der Waals surface area contributed by atoms with Crippen LogP contribution < -0.4 is 0 Å². The van der Waals surface area contributed by atoms with Crippen molar-refractivity contribution < 1.29 is 24.5 Å². The van der Waals surface area contributed by atoms with Crippen LogP contribution in [0, 0.1) is 5.92 Å². The van der Waals surface area contributed by atoms with E-state index in [1.165, 1.54) is 18.7 Å². The molecule has 1 rings (SSSR count). The molecule has 0 aromatic rings. The van der Waals surface area contributed by atoms with Crippen LogP contribution in [0.2, 0.25) is 0 Å². The molecule has 0 radical (unpaired) electrons. The molecule has 0 aromatic heterocycles. The SMILES string of the molecule is CC(=O)OC[C@H]1CCC(=O)[C@@]1(C)SCC(O)CO. The molecule has 0 spiro atoms. The Morgan fingerprint density at radius 3 is 2.89 bits per heavy atom. The van der Waals surface area contributed by atoms with Crippen LogP contribution in [-0.2, 0) is 14.3 Å². The molecule has 1 aliphatic carbocycles. The summed E-state index contributed by atoms with van der Waals surface area (Å²) in [4.78, 5) is 22.8. The molecule has 6 heteroatoms. The first-order valence-electron chi connectivity index (χ1n) is 5.99. The highest BCUT2D eigenvalue weighted by atomic mass is 32.2. The Morgan fingerprint density at radius 2 is 2.33 bits per heavy atom. The van der Waals surface area contributed by atoms with Gasteiger partial charge < -0.3 is 14.9 Å². The number of carbonyl (C=O) groups is 2. The van der Waals surface area contributed by atoms with Gasteiger partial charge in [-0.15, -0.1) is 11.8 Å². The van der Waals surface area contributed by atoms with Crippen LogP contribution in [-0.4, -0.2) is 51.8 Å². The second kappa shape index (κ2) is 6.54. The summed E-state index contributed by atoms with van der Waals surface area (Å²) in [7, 11) is 0. The van der Waals surface area contributed by atoms with Crippen molar-refractivity contribution in [3.8, 4) is 0 Å². The number of aliphatic hydroxyl groups excluding tert-OH is 2. The fourth-order valence-electron chi connectivity index (χ4n) is 2.04. The third-order valence-electron chi connectivity index (χ3n) is 3.33. The highest BCUT2D eigenvalue weighted by molar-refractivity contribution is 8.01. The zero-order valence-electron chi connectivity index (χ0n) is 10.7. The first kappa shape index (κ1) is 15.5. The van der Waals surface area contributed by atoms with Gasteiger partial charge in [0.25, 0.3) is 0 Å². The van der Waals surface area contributed by atoms with Gasteiger partial charge in [-0.05, 0) is 13.3 Å². The summed E-state index contributed by atoms with van der Waals surface area (Å²) in [5, 5.41) is 18.1. The van der Waals surface area contributed by atoms with Crippen LogP contribution in [0.25, 0.3) is 0 Å². The van der Waals surface area contributed by atoms with E-state index >= 15 is 0 Å². The first-order valence-corrected chi connectivity index (χ1v) is 6.98. The van der Waals surface area contributed by atoms with Gasteiger partial charge in [-0.25, -0.2) is 0 Å². The zero-order valence-corrected chi connectivity index (χ0v) is 11.5. The number of thioether (sulfide) groups is 1. The average molecular weight is 276 g/mol. The van der Waals surface area contributed by atoms with Crippen molar-refractivity contribution in [1.29, 1.82) is 0 Å². The highest BCUT2D eigenvalue weighted by Crippen LogP contribution is 2.43. The highest BCUT2D eigenvalue weighted by Gasteiger charge is 2.47. The topological polar surface area (TPSA) is 83.8 Å². The van der Waals surface area contributed by atoms with Gasteiger partial charge in [0.05, 0.1) is 24.1 Å². The lowest BCUT2D eigenvalue weighted by Crippen LogP contribution is -2.37. The Morgan fingerprint density at radius 1 is 1.67 bits per heavy atom. The third kappa shape index (κ3) is 3.70. The number of Topliss-reactive ketones (excluding diaryl/α,β-unsaturated/α-hetero) is 1. The van der Waals surface area contributed by atoms with Crippen molar-refractivity contribution in [2.75, 3.05) is 19.0 Å². The Bertz CT molecular complexity index is 320. The number of rotatable bonds is 6. The molecule has 1 fully saturated rings. The van der Waals surface area contributed by atoms with E-state index in [2.05, 4.69) is 0 Å². The summed E-state index contributed by atoms with van der Waals surface area (Å²) < 4.78 is 4.35. The number of ether oxygens (including phenoxy) is 1. The molecule has 1 unspecified atom stereocenters. The zero-order chi connectivity index (χ0) is 13.8. The van der Waals surface area contributed by atoms with Crippen molar-refractivity contribution >= 4 is 23.5 Å². The summed E-state index contributed by atoms with van der Waals surface area (Å²) in [6.45, 7) is 3.09. The van der Waals surface area contributed by atoms with Gasteiger partial charge in [0.15, 0.2) is 0 Å². The quantitative estimate of drug-likeness (QED) is 0.682. The van der Waals surface area contributed by atoms with E-state index in [9.17, 15) is 14.7 Å². The average Bonchev–Trinajstić information content (AvgIpc) is 2.61. The van der Waals surface area contributed by atoms with Crippen LogP contribution in [0.5, 0.6) is 0 Å². The standard InChI is InChI=1S/C12H20O5S/c1-8(14)17-6-9-3-4-11(16)12(9,2)18-7-10(15)5-13/h9-10,13,15H,3-7H2,1-2H3/t9-,10?,12+/m1/s1. The molecule has 0 amide bonds. The third-order valence-corrected chi connectivity index (χ3v) is 5.04. The van der Waals surface area contributed by atoms with Crippen molar-refractivity contribution in [2.24, 2.45) is 5.92 Å². The number of aliphatic hydroxyl groups is 2. The summed E-state index contributed by atoms with van der Waals surface area (Å²) in [5.74, 6) is 0.0478. The fourth-order valence-corrected chi connectivity index (χ4v) is 3.37. The number of hydrogen-bond acceptors (Lipinski definition) is 6. The van der Waals surface area contributed by atoms with E-state index in [4.69, 9.17) is 9.84 Å². The van der Waals surface area contributed by atoms with Gasteiger partial charge in [-0.1, -0.05) is 0 Å². The molecule has 1 aliphatic rings. The van der Waals surface area contributed by atoms with Gasteiger partial charge in [0.1, 0.15) is 5.78 Å². The predicted molar refractivity (Wildman–Crippen MR) is 68.3 cm³/mol. The molecule has 18 heavy (non-hydrogen) atoms. The van der Waals surface area contributed by atoms with Crippen molar-refractivity contribution in [3.63, 3.8) is 0 Å². The summed E-state index contributed by atoms with van der Waals surface area (Å²) >= 11 is 1.34. The normalized spacial score (nSPS) is 29.3. The van der Waals surface area contributed by atoms with Crippen LogP contribution in [0.15, 0.2) is 0 Å². The molecule has 2 N–H and O–H groups in total. The van der Waals surface area contributed by atoms with E-state index < -0.39 is 10.9 Å². The molecule has 3 atom stereocenters. The lowest BCUT2D eigenvalue weighted by molar-refractivity contribution is -0.142. The minimum Gasteiger partial charge on any atom is -0.466 e. The molecular formula is C12H20O5S. The largest absolute Gasteiger partial charge is 0.466 e. The van der Waals surface area contributed by atoms with Crippen LogP contribution >= 0.6 is 11.8 Å². The van der Waals surface area contributed by atoms with Gasteiger partial charge in [0, 0.05) is 25.0 Å². The second-order valence-electron chi connectivity index (χ2n) is 4.72. The lowest BCUT2D eigenvalue weighted by atomic mass is 9.97. The molecular weight excluding hydrogens is 256 g/mol. The maximum Gasteiger partial charge on any atom is 0.302 e. The Balaban J connectivity index is 2.60. The minimum absolute atomic E-state index is 0.0233. The fraction of sp³-hybridized carbons (Fsp3) is 0.833. The van der Waals surface area contributed by atoms with Crippen molar-refractivity contribution in [2.45, 2.75) is 37.5 Å². The van der Waals surface area contributed by atoms with E-state index in [1.807, 2.05) is 6.92 Å². The van der Waals surface area contributed by atoms with Gasteiger partial charge in [-0.3, -0.25) is 9.59 Å². The summed E-state index contributed by atoms with van der Waals surface area (Å²) in [5.41, 5.74) is 0. The lowest BCUT2D eigenvalue weighted by Gasteiger charge is -2.29. The maximum absolute atomic E-state index is 11.9. The van der Waals surface area contributed by atoms with E-state index in [-0.39, 0.29) is 30.9 Å². The van der Waals surface area contributed by atoms with Crippen LogP contribution in [0.1, 0.15) is 26.7 Å². The Labute approximate surface area is 111 Å². The second-order valence-corrected chi connectivity index (χ2v) is 6.19. The van der Waals surface area contributed by atoms with Crippen molar-refractivity contribution in [3.05, 3.63) is 0 Å². The molecule has 0 bridgehead atoms. The van der Waals surface area contributed by atoms with Gasteiger partial charge in [-0.2, -0.15) is 0 Å². The van der Waals surface area contributed by atoms with E-state index in [0.717, 1.165) is 0 Å².